The zero-order valence-electron chi connectivity index (χ0n) is 16.2. The number of hydrogen-bond acceptors (Lipinski definition) is 5. The lowest BCUT2D eigenvalue weighted by atomic mass is 10.1. The molecule has 8 heteroatoms. The number of hydrogen-bond donors (Lipinski definition) is 2. The van der Waals surface area contributed by atoms with E-state index in [9.17, 15) is 18.0 Å². The molecule has 7 nitrogen and oxygen atoms in total. The van der Waals surface area contributed by atoms with Crippen LogP contribution in [0.1, 0.15) is 21.5 Å². The first-order valence-corrected chi connectivity index (χ1v) is 10.9. The van der Waals surface area contributed by atoms with Gasteiger partial charge in [0, 0.05) is 29.9 Å². The first-order valence-electron chi connectivity index (χ1n) is 9.05. The van der Waals surface area contributed by atoms with Crippen LogP contribution < -0.4 is 5.32 Å². The maximum atomic E-state index is 12.3. The maximum Gasteiger partial charge on any atom is 0.338 e. The standard InChI is InChI=1S/C21H22N2O5S/c1-14-7-8-16(29(2,26)27)11-18(14)21(25)28-13-20(24)22-10-9-15-12-23-19-6-4-3-5-17(15)19/h3-8,11-12,23H,9-10,13H2,1-2H3,(H,22,24). The minimum Gasteiger partial charge on any atom is -0.452 e. The van der Waals surface area contributed by atoms with Gasteiger partial charge in [0.1, 0.15) is 0 Å². The Morgan fingerprint density at radius 3 is 2.66 bits per heavy atom. The highest BCUT2D eigenvalue weighted by atomic mass is 32.2. The van der Waals surface area contributed by atoms with Gasteiger partial charge in [0.05, 0.1) is 10.5 Å². The second-order valence-corrected chi connectivity index (χ2v) is 8.80. The highest BCUT2D eigenvalue weighted by molar-refractivity contribution is 7.90. The lowest BCUT2D eigenvalue weighted by Gasteiger charge is -2.09. The lowest BCUT2D eigenvalue weighted by Crippen LogP contribution is -2.30. The van der Waals surface area contributed by atoms with Gasteiger partial charge in [-0.2, -0.15) is 0 Å². The normalized spacial score (nSPS) is 11.4. The second kappa shape index (κ2) is 8.48. The molecule has 0 atom stereocenters. The van der Waals surface area contributed by atoms with Crippen LogP contribution in [0.15, 0.2) is 53.6 Å². The van der Waals surface area contributed by atoms with Crippen molar-refractivity contribution in [3.63, 3.8) is 0 Å². The van der Waals surface area contributed by atoms with E-state index in [1.54, 1.807) is 6.92 Å². The molecule has 0 radical (unpaired) electrons. The first kappa shape index (κ1) is 20.6. The van der Waals surface area contributed by atoms with E-state index in [0.717, 1.165) is 22.7 Å². The van der Waals surface area contributed by atoms with E-state index < -0.39 is 28.3 Å². The van der Waals surface area contributed by atoms with Crippen molar-refractivity contribution in [1.82, 2.24) is 10.3 Å². The van der Waals surface area contributed by atoms with E-state index in [2.05, 4.69) is 10.3 Å². The molecular formula is C21H22N2O5S. The van der Waals surface area contributed by atoms with Crippen LogP contribution in [-0.4, -0.2) is 44.7 Å². The van der Waals surface area contributed by atoms with Gasteiger partial charge in [-0.15, -0.1) is 0 Å². The van der Waals surface area contributed by atoms with Crippen LogP contribution >= 0.6 is 0 Å². The Kier molecular flexibility index (Phi) is 6.03. The van der Waals surface area contributed by atoms with Gasteiger partial charge in [0.15, 0.2) is 16.4 Å². The Balaban J connectivity index is 1.52. The van der Waals surface area contributed by atoms with Gasteiger partial charge in [-0.1, -0.05) is 24.3 Å². The number of carbonyl (C=O) groups is 2. The van der Waals surface area contributed by atoms with Crippen molar-refractivity contribution < 1.29 is 22.7 Å². The highest BCUT2D eigenvalue weighted by Crippen LogP contribution is 2.18. The minimum atomic E-state index is -3.45. The van der Waals surface area contributed by atoms with Crippen LogP contribution in [-0.2, 0) is 25.8 Å². The van der Waals surface area contributed by atoms with Crippen molar-refractivity contribution in [1.29, 1.82) is 0 Å². The molecule has 3 rings (SSSR count). The van der Waals surface area contributed by atoms with Crippen molar-refractivity contribution in [2.45, 2.75) is 18.2 Å². The number of fused-ring (bicyclic) bond motifs is 1. The third-order valence-corrected chi connectivity index (χ3v) is 5.69. The molecular weight excluding hydrogens is 392 g/mol. The summed E-state index contributed by atoms with van der Waals surface area (Å²) in [6.45, 7) is 1.64. The number of esters is 1. The van der Waals surface area contributed by atoms with Gasteiger partial charge < -0.3 is 15.0 Å². The quantitative estimate of drug-likeness (QED) is 0.578. The number of carbonyl (C=O) groups excluding carboxylic acids is 2. The molecule has 0 aliphatic rings. The monoisotopic (exact) mass is 414 g/mol. The van der Waals surface area contributed by atoms with Gasteiger partial charge in [0.2, 0.25) is 0 Å². The molecule has 0 fully saturated rings. The summed E-state index contributed by atoms with van der Waals surface area (Å²) >= 11 is 0. The predicted molar refractivity (Wildman–Crippen MR) is 110 cm³/mol. The summed E-state index contributed by atoms with van der Waals surface area (Å²) in [5.74, 6) is -1.16. The zero-order valence-corrected chi connectivity index (χ0v) is 17.0. The van der Waals surface area contributed by atoms with Crippen molar-refractivity contribution in [3.8, 4) is 0 Å². The number of para-hydroxylation sites is 1. The number of ether oxygens (including phenoxy) is 1. The number of aromatic nitrogens is 1. The fourth-order valence-corrected chi connectivity index (χ4v) is 3.63. The Labute approximate surface area is 169 Å². The molecule has 1 aromatic heterocycles. The van der Waals surface area contributed by atoms with Crippen LogP contribution in [0.25, 0.3) is 10.9 Å². The van der Waals surface area contributed by atoms with E-state index in [1.165, 1.54) is 18.2 Å². The smallest absolute Gasteiger partial charge is 0.338 e. The molecule has 3 aromatic rings. The zero-order chi connectivity index (χ0) is 21.0. The summed E-state index contributed by atoms with van der Waals surface area (Å²) in [6.07, 6.45) is 3.61. The molecule has 0 aliphatic heterocycles. The summed E-state index contributed by atoms with van der Waals surface area (Å²) in [6, 6.07) is 12.1. The Morgan fingerprint density at radius 2 is 1.90 bits per heavy atom. The third-order valence-electron chi connectivity index (χ3n) is 4.58. The molecule has 2 N–H and O–H groups in total. The minimum absolute atomic E-state index is 0.0261. The SMILES string of the molecule is Cc1ccc(S(C)(=O)=O)cc1C(=O)OCC(=O)NCCc1c[nH]c2ccccc12. The maximum absolute atomic E-state index is 12.3. The average Bonchev–Trinajstić information content (AvgIpc) is 3.09. The number of amides is 1. The Hall–Kier alpha value is -3.13. The van der Waals surface area contributed by atoms with Gasteiger partial charge in [-0.05, 0) is 42.7 Å². The van der Waals surface area contributed by atoms with Crippen LogP contribution in [0.2, 0.25) is 0 Å². The first-order chi connectivity index (χ1) is 13.8. The predicted octanol–water partition coefficient (Wildman–Crippen LogP) is 2.40. The highest BCUT2D eigenvalue weighted by Gasteiger charge is 2.16. The molecule has 0 bridgehead atoms. The van der Waals surface area contributed by atoms with Gasteiger partial charge in [0.25, 0.3) is 5.91 Å². The molecule has 0 aliphatic carbocycles. The molecule has 152 valence electrons. The molecule has 1 amide bonds. The third kappa shape index (κ3) is 5.03. The van der Waals surface area contributed by atoms with Crippen molar-refractivity contribution in [2.75, 3.05) is 19.4 Å². The van der Waals surface area contributed by atoms with E-state index in [4.69, 9.17) is 4.74 Å². The second-order valence-electron chi connectivity index (χ2n) is 6.78. The number of rotatable bonds is 7. The number of aromatic amines is 1. The van der Waals surface area contributed by atoms with Crippen molar-refractivity contribution >= 4 is 32.6 Å². The molecule has 0 saturated carbocycles. The van der Waals surface area contributed by atoms with Crippen LogP contribution in [0.5, 0.6) is 0 Å². The summed E-state index contributed by atoms with van der Waals surface area (Å²) in [7, 11) is -3.45. The van der Waals surface area contributed by atoms with E-state index in [0.29, 0.717) is 18.5 Å². The number of sulfone groups is 1. The molecule has 0 saturated heterocycles. The van der Waals surface area contributed by atoms with Crippen LogP contribution in [0.3, 0.4) is 0 Å². The molecule has 0 unspecified atom stereocenters. The number of H-pyrrole nitrogens is 1. The largest absolute Gasteiger partial charge is 0.452 e. The average molecular weight is 414 g/mol. The number of benzene rings is 2. The van der Waals surface area contributed by atoms with E-state index in [1.807, 2.05) is 30.5 Å². The van der Waals surface area contributed by atoms with Crippen molar-refractivity contribution in [2.24, 2.45) is 0 Å². The van der Waals surface area contributed by atoms with Crippen molar-refractivity contribution in [3.05, 3.63) is 65.4 Å². The Bertz CT molecular complexity index is 1160. The van der Waals surface area contributed by atoms with E-state index >= 15 is 0 Å². The van der Waals surface area contributed by atoms with Crippen LogP contribution in [0, 0.1) is 6.92 Å². The summed E-state index contributed by atoms with van der Waals surface area (Å²) in [4.78, 5) is 27.5. The lowest BCUT2D eigenvalue weighted by molar-refractivity contribution is -0.124. The van der Waals surface area contributed by atoms with Gasteiger partial charge in [-0.3, -0.25) is 4.79 Å². The molecule has 2 aromatic carbocycles. The topological polar surface area (TPSA) is 105 Å². The summed E-state index contributed by atoms with van der Waals surface area (Å²) in [5.41, 5.74) is 2.82. The molecule has 0 spiro atoms. The molecule has 1 heterocycles. The van der Waals surface area contributed by atoms with Gasteiger partial charge >= 0.3 is 5.97 Å². The Morgan fingerprint density at radius 1 is 1.14 bits per heavy atom. The summed E-state index contributed by atoms with van der Waals surface area (Å²) < 4.78 is 28.4. The van der Waals surface area contributed by atoms with Gasteiger partial charge in [-0.25, -0.2) is 13.2 Å². The molecule has 29 heavy (non-hydrogen) atoms. The number of aryl methyl sites for hydroxylation is 1. The fourth-order valence-electron chi connectivity index (χ4n) is 2.99. The fraction of sp³-hybridized carbons (Fsp3) is 0.238. The van der Waals surface area contributed by atoms with Crippen LogP contribution in [0.4, 0.5) is 0 Å². The van der Waals surface area contributed by atoms with E-state index in [-0.39, 0.29) is 10.5 Å². The number of nitrogens with one attached hydrogen (secondary N) is 2. The summed E-state index contributed by atoms with van der Waals surface area (Å²) in [5, 5.41) is 3.82.